The van der Waals surface area contributed by atoms with Crippen LogP contribution in [0.1, 0.15) is 22.8 Å². The quantitative estimate of drug-likeness (QED) is 0.671. The Hall–Kier alpha value is -2.53. The van der Waals surface area contributed by atoms with E-state index in [4.69, 9.17) is 16.3 Å². The van der Waals surface area contributed by atoms with Gasteiger partial charge in [-0.2, -0.15) is 5.10 Å². The second-order valence-electron chi connectivity index (χ2n) is 4.53. The summed E-state index contributed by atoms with van der Waals surface area (Å²) in [6, 6.07) is 11.3. The topological polar surface area (TPSA) is 70.9 Å². The summed E-state index contributed by atoms with van der Waals surface area (Å²) in [7, 11) is 1.47. The van der Waals surface area contributed by atoms with Gasteiger partial charge in [0, 0.05) is 16.1 Å². The van der Waals surface area contributed by atoms with Crippen molar-refractivity contribution < 1.29 is 14.6 Å². The van der Waals surface area contributed by atoms with E-state index in [0.717, 1.165) is 5.56 Å². The third kappa shape index (κ3) is 3.77. The summed E-state index contributed by atoms with van der Waals surface area (Å²) in [6.45, 7) is 1.74. The molecule has 0 unspecified atom stereocenters. The Labute approximate surface area is 133 Å². The highest BCUT2D eigenvalue weighted by molar-refractivity contribution is 6.30. The first-order chi connectivity index (χ1) is 10.5. The Kier molecular flexibility index (Phi) is 5.01. The zero-order chi connectivity index (χ0) is 16.1. The van der Waals surface area contributed by atoms with Crippen LogP contribution < -0.4 is 10.2 Å². The predicted molar refractivity (Wildman–Crippen MR) is 85.8 cm³/mol. The van der Waals surface area contributed by atoms with Gasteiger partial charge in [0.1, 0.15) is 0 Å². The number of carbonyl (C=O) groups is 1. The molecule has 0 fully saturated rings. The SMILES string of the molecule is COc1cc(/C(C)=N/NC(=O)c2ccc(Cl)cc2)ccc1O. The number of rotatable bonds is 4. The van der Waals surface area contributed by atoms with Crippen molar-refractivity contribution in [2.24, 2.45) is 5.10 Å². The smallest absolute Gasteiger partial charge is 0.271 e. The number of hydrogen-bond acceptors (Lipinski definition) is 4. The number of carbonyl (C=O) groups excluding carboxylic acids is 1. The average Bonchev–Trinajstić information content (AvgIpc) is 2.53. The number of phenols is 1. The normalized spacial score (nSPS) is 11.1. The van der Waals surface area contributed by atoms with Crippen molar-refractivity contribution in [1.29, 1.82) is 0 Å². The summed E-state index contributed by atoms with van der Waals surface area (Å²) in [5.41, 5.74) is 4.25. The number of ether oxygens (including phenoxy) is 1. The number of nitrogens with zero attached hydrogens (tertiary/aromatic N) is 1. The molecule has 1 amide bonds. The monoisotopic (exact) mass is 318 g/mol. The molecule has 0 aliphatic rings. The number of benzene rings is 2. The molecule has 0 aliphatic carbocycles. The van der Waals surface area contributed by atoms with Gasteiger partial charge in [0.25, 0.3) is 5.91 Å². The Morgan fingerprint density at radius 1 is 1.18 bits per heavy atom. The zero-order valence-corrected chi connectivity index (χ0v) is 12.9. The zero-order valence-electron chi connectivity index (χ0n) is 12.1. The second kappa shape index (κ2) is 6.95. The Morgan fingerprint density at radius 3 is 2.45 bits per heavy atom. The number of aromatic hydroxyl groups is 1. The number of phenolic OH excluding ortho intramolecular Hbond substituents is 1. The van der Waals surface area contributed by atoms with Gasteiger partial charge >= 0.3 is 0 Å². The van der Waals surface area contributed by atoms with Crippen LogP contribution in [-0.4, -0.2) is 23.8 Å². The number of halogens is 1. The van der Waals surface area contributed by atoms with E-state index in [2.05, 4.69) is 10.5 Å². The van der Waals surface area contributed by atoms with E-state index in [-0.39, 0.29) is 11.7 Å². The standard InChI is InChI=1S/C16H15ClN2O3/c1-10(12-5-8-14(20)15(9-12)22-2)18-19-16(21)11-3-6-13(17)7-4-11/h3-9,20H,1-2H3,(H,19,21)/b18-10+. The van der Waals surface area contributed by atoms with Gasteiger partial charge in [-0.25, -0.2) is 5.43 Å². The molecule has 0 aromatic heterocycles. The van der Waals surface area contributed by atoms with E-state index in [1.165, 1.54) is 13.2 Å². The molecule has 2 aromatic carbocycles. The molecule has 0 spiro atoms. The third-order valence-electron chi connectivity index (χ3n) is 3.03. The molecule has 0 saturated heterocycles. The molecule has 5 nitrogen and oxygen atoms in total. The third-order valence-corrected chi connectivity index (χ3v) is 3.28. The Bertz CT molecular complexity index is 712. The number of hydrazone groups is 1. The van der Waals surface area contributed by atoms with E-state index in [1.54, 1.807) is 43.3 Å². The van der Waals surface area contributed by atoms with E-state index in [0.29, 0.717) is 22.0 Å². The van der Waals surface area contributed by atoms with Gasteiger partial charge in [0.15, 0.2) is 11.5 Å². The fourth-order valence-corrected chi connectivity index (χ4v) is 1.89. The number of nitrogens with one attached hydrogen (secondary N) is 1. The van der Waals surface area contributed by atoms with E-state index >= 15 is 0 Å². The number of methoxy groups -OCH3 is 1. The van der Waals surface area contributed by atoms with Gasteiger partial charge < -0.3 is 9.84 Å². The molecule has 2 rings (SSSR count). The van der Waals surface area contributed by atoms with Crippen LogP contribution in [0.15, 0.2) is 47.6 Å². The van der Waals surface area contributed by atoms with Crippen LogP contribution in [0.25, 0.3) is 0 Å². The van der Waals surface area contributed by atoms with Gasteiger partial charge in [-0.05, 0) is 49.4 Å². The lowest BCUT2D eigenvalue weighted by molar-refractivity contribution is 0.0955. The minimum absolute atomic E-state index is 0.0456. The number of amides is 1. The maximum Gasteiger partial charge on any atom is 0.271 e. The molecule has 2 aromatic rings. The Balaban J connectivity index is 2.12. The van der Waals surface area contributed by atoms with Crippen molar-refractivity contribution >= 4 is 23.2 Å². The summed E-state index contributed by atoms with van der Waals surface area (Å²) in [4.78, 5) is 11.9. The average molecular weight is 319 g/mol. The molecular weight excluding hydrogens is 304 g/mol. The highest BCUT2D eigenvalue weighted by atomic mass is 35.5. The van der Waals surface area contributed by atoms with Crippen LogP contribution >= 0.6 is 11.6 Å². The molecular formula is C16H15ClN2O3. The van der Waals surface area contributed by atoms with E-state index in [1.807, 2.05) is 0 Å². The molecule has 0 atom stereocenters. The first-order valence-electron chi connectivity index (χ1n) is 6.49. The predicted octanol–water partition coefficient (Wildman–Crippen LogP) is 3.21. The van der Waals surface area contributed by atoms with Gasteiger partial charge in [0.2, 0.25) is 0 Å². The van der Waals surface area contributed by atoms with Crippen LogP contribution in [0.5, 0.6) is 11.5 Å². The lowest BCUT2D eigenvalue weighted by Crippen LogP contribution is -2.19. The first kappa shape index (κ1) is 15.9. The number of hydrogen-bond donors (Lipinski definition) is 2. The van der Waals surface area contributed by atoms with Crippen molar-refractivity contribution in [3.63, 3.8) is 0 Å². The van der Waals surface area contributed by atoms with Crippen molar-refractivity contribution in [3.8, 4) is 11.5 Å². The molecule has 6 heteroatoms. The van der Waals surface area contributed by atoms with Crippen molar-refractivity contribution in [2.45, 2.75) is 6.92 Å². The maximum atomic E-state index is 11.9. The van der Waals surface area contributed by atoms with Crippen LogP contribution in [0.2, 0.25) is 5.02 Å². The summed E-state index contributed by atoms with van der Waals surface area (Å²) >= 11 is 5.77. The van der Waals surface area contributed by atoms with E-state index < -0.39 is 0 Å². The van der Waals surface area contributed by atoms with Crippen LogP contribution in [0.4, 0.5) is 0 Å². The first-order valence-corrected chi connectivity index (χ1v) is 6.86. The van der Waals surface area contributed by atoms with Gasteiger partial charge in [0.05, 0.1) is 12.8 Å². The minimum atomic E-state index is -0.332. The van der Waals surface area contributed by atoms with Crippen LogP contribution in [0.3, 0.4) is 0 Å². The molecule has 0 saturated carbocycles. The molecule has 0 bridgehead atoms. The van der Waals surface area contributed by atoms with Crippen molar-refractivity contribution in [1.82, 2.24) is 5.43 Å². The highest BCUT2D eigenvalue weighted by Crippen LogP contribution is 2.26. The van der Waals surface area contributed by atoms with Gasteiger partial charge in [-0.15, -0.1) is 0 Å². The fraction of sp³-hybridized carbons (Fsp3) is 0.125. The fourth-order valence-electron chi connectivity index (χ4n) is 1.77. The summed E-state index contributed by atoms with van der Waals surface area (Å²) in [5, 5.41) is 14.2. The van der Waals surface area contributed by atoms with Crippen molar-refractivity contribution in [3.05, 3.63) is 58.6 Å². The van der Waals surface area contributed by atoms with Crippen LogP contribution in [-0.2, 0) is 0 Å². The lowest BCUT2D eigenvalue weighted by atomic mass is 10.1. The van der Waals surface area contributed by atoms with Gasteiger partial charge in [-0.1, -0.05) is 11.6 Å². The Morgan fingerprint density at radius 2 is 1.82 bits per heavy atom. The van der Waals surface area contributed by atoms with Crippen LogP contribution in [0, 0.1) is 0 Å². The maximum absolute atomic E-state index is 11.9. The van der Waals surface area contributed by atoms with Gasteiger partial charge in [-0.3, -0.25) is 4.79 Å². The van der Waals surface area contributed by atoms with Crippen molar-refractivity contribution in [2.75, 3.05) is 7.11 Å². The summed E-state index contributed by atoms with van der Waals surface area (Å²) in [5.74, 6) is 0.0575. The molecule has 114 valence electrons. The largest absolute Gasteiger partial charge is 0.504 e. The molecule has 0 radical (unpaired) electrons. The minimum Gasteiger partial charge on any atom is -0.504 e. The second-order valence-corrected chi connectivity index (χ2v) is 4.97. The molecule has 0 heterocycles. The van der Waals surface area contributed by atoms with E-state index in [9.17, 15) is 9.90 Å². The highest BCUT2D eigenvalue weighted by Gasteiger charge is 2.07. The molecule has 22 heavy (non-hydrogen) atoms. The lowest BCUT2D eigenvalue weighted by Gasteiger charge is -2.07. The summed E-state index contributed by atoms with van der Waals surface area (Å²) in [6.07, 6.45) is 0. The molecule has 2 N–H and O–H groups in total. The summed E-state index contributed by atoms with van der Waals surface area (Å²) < 4.78 is 5.04. The molecule has 0 aliphatic heterocycles.